The number of nitrogens with zero attached hydrogens (tertiary/aromatic N) is 2. The van der Waals surface area contributed by atoms with Crippen molar-refractivity contribution in [1.29, 1.82) is 0 Å². The molecule has 3 N–H and O–H groups in total. The molecule has 7 heteroatoms. The van der Waals surface area contributed by atoms with Crippen molar-refractivity contribution in [2.75, 3.05) is 19.8 Å². The molecule has 1 fully saturated rings. The molecule has 19 heavy (non-hydrogen) atoms. The van der Waals surface area contributed by atoms with Crippen molar-refractivity contribution >= 4 is 23.1 Å². The topological polar surface area (TPSA) is 82.2 Å². The third-order valence-electron chi connectivity index (χ3n) is 3.44. The SMILES string of the molecule is NC(=S)C1(C(=O)NCCn2cccn2)CCOCC1. The van der Waals surface area contributed by atoms with Gasteiger partial charge in [0.05, 0.1) is 11.5 Å². The smallest absolute Gasteiger partial charge is 0.233 e. The first-order valence-electron chi connectivity index (χ1n) is 6.28. The number of aromatic nitrogens is 2. The molecule has 0 aromatic carbocycles. The molecular formula is C12H18N4O2S. The molecule has 2 rings (SSSR count). The Bertz CT molecular complexity index is 441. The Balaban J connectivity index is 1.91. The molecule has 1 aliphatic rings. The van der Waals surface area contributed by atoms with Crippen LogP contribution in [0.25, 0.3) is 0 Å². The predicted octanol–water partition coefficient (Wildman–Crippen LogP) is 0.0822. The van der Waals surface area contributed by atoms with Crippen LogP contribution < -0.4 is 11.1 Å². The number of hydrogen-bond donors (Lipinski definition) is 2. The summed E-state index contributed by atoms with van der Waals surface area (Å²) in [6, 6.07) is 1.84. The van der Waals surface area contributed by atoms with Crippen LogP contribution in [0.1, 0.15) is 12.8 Å². The molecular weight excluding hydrogens is 264 g/mol. The number of rotatable bonds is 5. The number of nitrogens with two attached hydrogens (primary N) is 1. The average Bonchev–Trinajstić information content (AvgIpc) is 2.92. The van der Waals surface area contributed by atoms with Gasteiger partial charge >= 0.3 is 0 Å². The highest BCUT2D eigenvalue weighted by atomic mass is 32.1. The van der Waals surface area contributed by atoms with Gasteiger partial charge in [-0.05, 0) is 18.9 Å². The Labute approximate surface area is 117 Å². The molecule has 0 aliphatic carbocycles. The maximum atomic E-state index is 12.3. The lowest BCUT2D eigenvalue weighted by Gasteiger charge is -2.34. The van der Waals surface area contributed by atoms with Gasteiger partial charge in [-0.1, -0.05) is 12.2 Å². The molecule has 1 aliphatic heterocycles. The quantitative estimate of drug-likeness (QED) is 0.748. The van der Waals surface area contributed by atoms with Gasteiger partial charge in [0, 0.05) is 32.2 Å². The van der Waals surface area contributed by atoms with Crippen LogP contribution >= 0.6 is 12.2 Å². The largest absolute Gasteiger partial charge is 0.392 e. The Hall–Kier alpha value is -1.47. The van der Waals surface area contributed by atoms with E-state index in [1.54, 1.807) is 10.9 Å². The number of amides is 1. The average molecular weight is 282 g/mol. The van der Waals surface area contributed by atoms with Gasteiger partial charge in [0.1, 0.15) is 5.41 Å². The Morgan fingerprint density at radius 3 is 2.84 bits per heavy atom. The lowest BCUT2D eigenvalue weighted by molar-refractivity contribution is -0.131. The number of hydrogen-bond acceptors (Lipinski definition) is 4. The fraction of sp³-hybridized carbons (Fsp3) is 0.583. The van der Waals surface area contributed by atoms with Crippen molar-refractivity contribution in [3.8, 4) is 0 Å². The molecule has 1 saturated heterocycles. The number of nitrogens with one attached hydrogen (secondary N) is 1. The van der Waals surface area contributed by atoms with Gasteiger partial charge in [0.15, 0.2) is 0 Å². The van der Waals surface area contributed by atoms with Crippen LogP contribution in [-0.4, -0.2) is 40.4 Å². The highest BCUT2D eigenvalue weighted by molar-refractivity contribution is 7.80. The van der Waals surface area contributed by atoms with E-state index >= 15 is 0 Å². The third-order valence-corrected chi connectivity index (χ3v) is 3.83. The number of ether oxygens (including phenoxy) is 1. The van der Waals surface area contributed by atoms with E-state index < -0.39 is 5.41 Å². The standard InChI is InChI=1S/C12H18N4O2S/c13-10(19)12(2-8-18-9-3-12)11(17)14-5-7-16-6-1-4-15-16/h1,4,6H,2-3,5,7-9H2,(H2,13,19)(H,14,17). The Morgan fingerprint density at radius 1 is 1.53 bits per heavy atom. The summed E-state index contributed by atoms with van der Waals surface area (Å²) < 4.78 is 7.04. The van der Waals surface area contributed by atoms with Crippen LogP contribution in [0.5, 0.6) is 0 Å². The second kappa shape index (κ2) is 6.12. The molecule has 0 bridgehead atoms. The van der Waals surface area contributed by atoms with Crippen molar-refractivity contribution < 1.29 is 9.53 Å². The van der Waals surface area contributed by atoms with Gasteiger partial charge in [-0.2, -0.15) is 5.10 Å². The van der Waals surface area contributed by atoms with Crippen molar-refractivity contribution in [3.63, 3.8) is 0 Å². The summed E-state index contributed by atoms with van der Waals surface area (Å²) in [6.07, 6.45) is 4.66. The highest BCUT2D eigenvalue weighted by Crippen LogP contribution is 2.31. The first-order valence-corrected chi connectivity index (χ1v) is 6.69. The number of carbonyl (C=O) groups is 1. The van der Waals surface area contributed by atoms with Gasteiger partial charge in [-0.3, -0.25) is 9.48 Å². The maximum Gasteiger partial charge on any atom is 0.233 e. The minimum Gasteiger partial charge on any atom is -0.392 e. The molecule has 0 atom stereocenters. The minimum absolute atomic E-state index is 0.101. The highest BCUT2D eigenvalue weighted by Gasteiger charge is 2.42. The van der Waals surface area contributed by atoms with Crippen LogP contribution in [0.15, 0.2) is 18.5 Å². The lowest BCUT2D eigenvalue weighted by Crippen LogP contribution is -2.52. The normalized spacial score (nSPS) is 17.9. The van der Waals surface area contributed by atoms with Crippen LogP contribution in [0.3, 0.4) is 0 Å². The summed E-state index contributed by atoms with van der Waals surface area (Å²) in [5.41, 5.74) is 5.01. The third kappa shape index (κ3) is 3.10. The van der Waals surface area contributed by atoms with Gasteiger partial charge in [-0.25, -0.2) is 0 Å². The predicted molar refractivity (Wildman–Crippen MR) is 74.5 cm³/mol. The fourth-order valence-corrected chi connectivity index (χ4v) is 2.49. The molecule has 0 saturated carbocycles. The van der Waals surface area contributed by atoms with Crippen molar-refractivity contribution in [3.05, 3.63) is 18.5 Å². The van der Waals surface area contributed by atoms with Crippen LogP contribution in [-0.2, 0) is 16.1 Å². The van der Waals surface area contributed by atoms with E-state index in [9.17, 15) is 4.79 Å². The molecule has 0 radical (unpaired) electrons. The summed E-state index contributed by atoms with van der Waals surface area (Å²) >= 11 is 5.08. The van der Waals surface area contributed by atoms with E-state index in [0.717, 1.165) is 0 Å². The Kier molecular flexibility index (Phi) is 4.49. The van der Waals surface area contributed by atoms with Gasteiger partial charge in [-0.15, -0.1) is 0 Å². The molecule has 2 heterocycles. The van der Waals surface area contributed by atoms with Crippen molar-refractivity contribution in [2.45, 2.75) is 19.4 Å². The van der Waals surface area contributed by atoms with E-state index in [0.29, 0.717) is 39.1 Å². The summed E-state index contributed by atoms with van der Waals surface area (Å²) in [6.45, 7) is 2.17. The molecule has 0 spiro atoms. The van der Waals surface area contributed by atoms with Gasteiger partial charge in [0.25, 0.3) is 0 Å². The monoisotopic (exact) mass is 282 g/mol. The first-order chi connectivity index (χ1) is 9.15. The van der Waals surface area contributed by atoms with E-state index in [4.69, 9.17) is 22.7 Å². The molecule has 1 aromatic heterocycles. The van der Waals surface area contributed by atoms with Crippen LogP contribution in [0, 0.1) is 5.41 Å². The first kappa shape index (κ1) is 14.0. The van der Waals surface area contributed by atoms with Gasteiger partial charge < -0.3 is 15.8 Å². The van der Waals surface area contributed by atoms with Gasteiger partial charge in [0.2, 0.25) is 5.91 Å². The van der Waals surface area contributed by atoms with Crippen LogP contribution in [0.4, 0.5) is 0 Å². The molecule has 1 amide bonds. The zero-order valence-electron chi connectivity index (χ0n) is 10.7. The molecule has 1 aromatic rings. The summed E-state index contributed by atoms with van der Waals surface area (Å²) in [4.78, 5) is 12.6. The van der Waals surface area contributed by atoms with Crippen molar-refractivity contribution in [2.24, 2.45) is 11.1 Å². The zero-order chi connectivity index (χ0) is 13.7. The molecule has 0 unspecified atom stereocenters. The van der Waals surface area contributed by atoms with Crippen LogP contribution in [0.2, 0.25) is 0 Å². The summed E-state index contributed by atoms with van der Waals surface area (Å²) in [5, 5.41) is 6.96. The lowest BCUT2D eigenvalue weighted by atomic mass is 9.79. The van der Waals surface area contributed by atoms with E-state index in [1.807, 2.05) is 12.3 Å². The minimum atomic E-state index is -0.752. The molecule has 104 valence electrons. The summed E-state index contributed by atoms with van der Waals surface area (Å²) in [7, 11) is 0. The Morgan fingerprint density at radius 2 is 2.26 bits per heavy atom. The fourth-order valence-electron chi connectivity index (χ4n) is 2.19. The zero-order valence-corrected chi connectivity index (χ0v) is 11.5. The van der Waals surface area contributed by atoms with E-state index in [2.05, 4.69) is 10.4 Å². The van der Waals surface area contributed by atoms with E-state index in [-0.39, 0.29) is 10.9 Å². The summed E-state index contributed by atoms with van der Waals surface area (Å²) in [5.74, 6) is -0.101. The molecule has 6 nitrogen and oxygen atoms in total. The number of thiocarbonyl (C=S) groups is 1. The van der Waals surface area contributed by atoms with E-state index in [1.165, 1.54) is 0 Å². The van der Waals surface area contributed by atoms with Crippen molar-refractivity contribution in [1.82, 2.24) is 15.1 Å². The number of carbonyl (C=O) groups excluding carboxylic acids is 1. The second-order valence-corrected chi connectivity index (χ2v) is 5.02. The maximum absolute atomic E-state index is 12.3. The second-order valence-electron chi connectivity index (χ2n) is 4.58.